The van der Waals surface area contributed by atoms with Crippen molar-refractivity contribution in [3.63, 3.8) is 0 Å². The van der Waals surface area contributed by atoms with E-state index in [1.165, 1.54) is 45.0 Å². The number of halogens is 1. The molecule has 1 saturated heterocycles. The van der Waals surface area contributed by atoms with Crippen molar-refractivity contribution in [2.75, 3.05) is 12.5 Å². The van der Waals surface area contributed by atoms with Crippen molar-refractivity contribution in [3.8, 4) is 0 Å². The van der Waals surface area contributed by atoms with Crippen LogP contribution in [0, 0.1) is 55.4 Å². The van der Waals surface area contributed by atoms with Gasteiger partial charge in [-0.3, -0.25) is 19.2 Å². The van der Waals surface area contributed by atoms with Crippen LogP contribution in [0.1, 0.15) is 67.7 Å². The molecule has 57 heavy (non-hydrogen) atoms. The van der Waals surface area contributed by atoms with Crippen molar-refractivity contribution in [2.24, 2.45) is 11.3 Å². The van der Waals surface area contributed by atoms with Crippen LogP contribution < -0.4 is 5.32 Å². The molecule has 2 aromatic rings. The Kier molecular flexibility index (Phi) is 13.8. The summed E-state index contributed by atoms with van der Waals surface area (Å²) in [6.45, 7) is 4.99. The molecule has 2 bridgehead atoms. The number of ketones is 1. The predicted octanol–water partition coefficient (Wildman–Crippen LogP) is 1.97. The molecule has 1 aliphatic heterocycles. The molecule has 1 amide bonds. The minimum absolute atomic E-state index is 0. The Hall–Kier alpha value is -3.23. The molecule has 11 atom stereocenters. The number of fused-ring (bicyclic) bond motifs is 5. The maximum atomic E-state index is 14.9. The second kappa shape index (κ2) is 17.6. The number of nitrogens with one attached hydrogen (secondary N) is 1. The Bertz CT molecular complexity index is 1930. The zero-order valence-electron chi connectivity index (χ0n) is 31.7. The van der Waals surface area contributed by atoms with Crippen LogP contribution in [-0.4, -0.2) is 117 Å². The van der Waals surface area contributed by atoms with Gasteiger partial charge in [0.1, 0.15) is 29.3 Å². The second-order valence-corrected chi connectivity index (χ2v) is 15.4. The van der Waals surface area contributed by atoms with E-state index < -0.39 is 119 Å². The van der Waals surface area contributed by atoms with Gasteiger partial charge in [0.15, 0.2) is 11.9 Å². The van der Waals surface area contributed by atoms with Crippen LogP contribution in [0.15, 0.2) is 71.8 Å². The molecule has 1 radical (unpaired) electrons. The van der Waals surface area contributed by atoms with Crippen molar-refractivity contribution >= 4 is 47.2 Å². The zero-order valence-corrected chi connectivity index (χ0v) is 37.2. The summed E-state index contributed by atoms with van der Waals surface area (Å²) in [4.78, 5) is 80.9. The molecule has 1 heterocycles. The van der Waals surface area contributed by atoms with Crippen LogP contribution in [0.4, 0.5) is 0 Å². The predicted molar refractivity (Wildman–Crippen MR) is 194 cm³/mol. The van der Waals surface area contributed by atoms with Gasteiger partial charge in [0.05, 0.1) is 35.8 Å². The van der Waals surface area contributed by atoms with Gasteiger partial charge in [-0.25, -0.2) is 9.59 Å². The van der Waals surface area contributed by atoms with Gasteiger partial charge in [-0.15, -0.1) is 11.6 Å². The van der Waals surface area contributed by atoms with Gasteiger partial charge < -0.3 is 44.3 Å². The number of esters is 4. The van der Waals surface area contributed by atoms with E-state index in [4.69, 9.17) is 35.3 Å². The summed E-state index contributed by atoms with van der Waals surface area (Å²) < 4.78 is 28.7. The first kappa shape index (κ1) is 44.9. The third-order valence-electron chi connectivity index (χ3n) is 11.6. The largest absolute Gasteiger partial charge is 0.455 e. The van der Waals surface area contributed by atoms with Crippen molar-refractivity contribution in [2.45, 2.75) is 101 Å². The maximum Gasteiger partial charge on any atom is 0.350 e. The number of aliphatic hydroxyl groups excluding tert-OH is 1. The first-order chi connectivity index (χ1) is 26.4. The minimum Gasteiger partial charge on any atom is -0.455 e. The number of hydrogen-bond acceptors (Lipinski definition) is 14. The molecule has 4 aliphatic rings. The van der Waals surface area contributed by atoms with Gasteiger partial charge in [0.25, 0.3) is 5.91 Å². The van der Waals surface area contributed by atoms with Gasteiger partial charge in [-0.05, 0) is 56.2 Å². The fourth-order valence-electron chi connectivity index (χ4n) is 8.54. The molecular formula is C40H44AcClNO14. The van der Waals surface area contributed by atoms with E-state index in [0.717, 1.165) is 6.92 Å². The molecular weight excluding hydrogens is 981 g/mol. The third-order valence-corrected chi connectivity index (χ3v) is 11.8. The van der Waals surface area contributed by atoms with Crippen molar-refractivity contribution in [1.82, 2.24) is 5.32 Å². The average Bonchev–Trinajstić information content (AvgIpc) is 3.17. The van der Waals surface area contributed by atoms with E-state index >= 15 is 0 Å². The number of aliphatic hydroxyl groups is 3. The van der Waals surface area contributed by atoms with Gasteiger partial charge in [0.2, 0.25) is 6.10 Å². The van der Waals surface area contributed by atoms with Gasteiger partial charge in [0, 0.05) is 81.7 Å². The Labute approximate surface area is 369 Å². The maximum absolute atomic E-state index is 14.9. The molecule has 2 saturated carbocycles. The fourth-order valence-corrected chi connectivity index (χ4v) is 8.60. The molecule has 3 fully saturated rings. The first-order valence-electron chi connectivity index (χ1n) is 18.2. The minimum atomic E-state index is -2.27. The Morgan fingerprint density at radius 3 is 2.16 bits per heavy atom. The second-order valence-electron chi connectivity index (χ2n) is 15.1. The zero-order chi connectivity index (χ0) is 40.7. The molecule has 303 valence electrons. The van der Waals surface area contributed by atoms with Gasteiger partial charge >= 0.3 is 23.9 Å². The van der Waals surface area contributed by atoms with Crippen LogP contribution in [-0.2, 0) is 42.9 Å². The number of amides is 1. The van der Waals surface area contributed by atoms with E-state index in [1.54, 1.807) is 36.4 Å². The Balaban J connectivity index is 0.00000620. The van der Waals surface area contributed by atoms with E-state index in [2.05, 4.69) is 5.32 Å². The summed E-state index contributed by atoms with van der Waals surface area (Å²) in [6, 6.07) is 14.7. The number of ether oxygens (including phenoxy) is 5. The van der Waals surface area contributed by atoms with Crippen LogP contribution in [0.25, 0.3) is 0 Å². The summed E-state index contributed by atoms with van der Waals surface area (Å²) in [7, 11) is 0. The molecule has 0 aromatic heterocycles. The van der Waals surface area contributed by atoms with E-state index in [-0.39, 0.29) is 79.4 Å². The number of hydrogen-bond donors (Lipinski definition) is 4. The van der Waals surface area contributed by atoms with E-state index in [0.29, 0.717) is 0 Å². The smallest absolute Gasteiger partial charge is 0.350 e. The summed E-state index contributed by atoms with van der Waals surface area (Å²) in [5, 5.41) is 39.5. The molecule has 0 unspecified atom stereocenters. The molecule has 0 spiro atoms. The van der Waals surface area contributed by atoms with E-state index in [9.17, 15) is 44.1 Å². The first-order valence-corrected chi connectivity index (χ1v) is 18.7. The fraction of sp³-hybridized carbons (Fsp3) is 0.500. The van der Waals surface area contributed by atoms with Crippen LogP contribution in [0.5, 0.6) is 0 Å². The SMILES string of the molecule is CC(=O)O[C@H]1C(=O)[C@@]2(C)[C@H]([C@H](OC(=O)c3ccccc3)[C@@]3(O)CC1=C(C)[C@@H](OC(=O)[C@H](OC(=O)CCl)[C@H](C)NC(=O)c1ccccc1)C3)[C@]1(O)CO[C@@H]1C[C@@H]2O.[Ac]. The van der Waals surface area contributed by atoms with Crippen LogP contribution >= 0.6 is 11.6 Å². The summed E-state index contributed by atoms with van der Waals surface area (Å²) in [5.41, 5.74) is -5.67. The number of benzene rings is 2. The number of rotatable bonds is 10. The third kappa shape index (κ3) is 8.46. The molecule has 2 aromatic carbocycles. The topological polar surface area (TPSA) is 221 Å². The number of alkyl halides is 1. The normalized spacial score (nSPS) is 32.5. The molecule has 3 aliphatic carbocycles. The quantitative estimate of drug-likeness (QED) is 0.116. The summed E-state index contributed by atoms with van der Waals surface area (Å²) in [5.74, 6) is -7.61. The van der Waals surface area contributed by atoms with Crippen LogP contribution in [0.2, 0.25) is 0 Å². The van der Waals surface area contributed by atoms with Crippen LogP contribution in [0.3, 0.4) is 0 Å². The summed E-state index contributed by atoms with van der Waals surface area (Å²) in [6.07, 6.45) is -10.4. The van der Waals surface area contributed by atoms with Crippen molar-refractivity contribution < 1.29 is 112 Å². The monoisotopic (exact) mass is 1020 g/mol. The number of Topliss-reactive ketones (excluding diaryl/α,β-unsaturated/α-hetero) is 1. The van der Waals surface area contributed by atoms with Gasteiger partial charge in [-0.2, -0.15) is 0 Å². The molecule has 6 rings (SSSR count). The van der Waals surface area contributed by atoms with Crippen molar-refractivity contribution in [3.05, 3.63) is 82.9 Å². The van der Waals surface area contributed by atoms with Gasteiger partial charge in [-0.1, -0.05) is 36.4 Å². The molecule has 4 N–H and O–H groups in total. The Morgan fingerprint density at radius 1 is 0.982 bits per heavy atom. The Morgan fingerprint density at radius 2 is 1.60 bits per heavy atom. The summed E-state index contributed by atoms with van der Waals surface area (Å²) >= 11 is 5.71. The number of carbonyl (C=O) groups is 6. The number of carbonyl (C=O) groups excluding carboxylic acids is 6. The average molecular weight is 1030 g/mol. The van der Waals surface area contributed by atoms with Crippen molar-refractivity contribution in [1.29, 1.82) is 0 Å². The molecule has 15 nitrogen and oxygen atoms in total. The standard InChI is InChI=1S/C40H44ClNO14.Ac/c1-20-25-16-39(50,17-26(20)54-37(49)30(55-29(45)18-41)21(2)42-35(47)23-11-7-5-8-12-23)34(56-36(48)24-13-9-6-10-14-24)32-38(4,33(46)31(25)53-22(3)43)27(44)15-28-40(32,51)19-52-28;/h5-14,21,26-28,30-32,34,44,50-51H,15-19H2,1-4H3,(H,42,47);/t21-,26-,27-,28+,30+,31+,32-,34-,38+,39+,40-;/m0./s1. The molecule has 17 heteroatoms. The van der Waals surface area contributed by atoms with E-state index in [1.807, 2.05) is 0 Å².